The Balaban J connectivity index is 2.54. The van der Waals surface area contributed by atoms with Crippen molar-refractivity contribution in [2.24, 2.45) is 5.73 Å². The van der Waals surface area contributed by atoms with E-state index in [2.05, 4.69) is 50.4 Å². The molecule has 3 N–H and O–H groups in total. The predicted octanol–water partition coefficient (Wildman–Crippen LogP) is 2.38. The zero-order valence-electron chi connectivity index (χ0n) is 9.96. The summed E-state index contributed by atoms with van der Waals surface area (Å²) in [6, 6.07) is 9.11. The molecular formula is C13H22N2. The first-order chi connectivity index (χ1) is 7.15. The second kappa shape index (κ2) is 5.89. The van der Waals surface area contributed by atoms with Crippen molar-refractivity contribution >= 4 is 0 Å². The maximum Gasteiger partial charge on any atom is 0.0295 e. The second-order valence-electron chi connectivity index (χ2n) is 4.15. The van der Waals surface area contributed by atoms with Crippen LogP contribution in [0, 0.1) is 6.92 Å². The number of rotatable bonds is 5. The lowest BCUT2D eigenvalue weighted by atomic mass is 10.0. The fourth-order valence-electron chi connectivity index (χ4n) is 1.66. The Labute approximate surface area is 92.9 Å². The summed E-state index contributed by atoms with van der Waals surface area (Å²) in [5.41, 5.74) is 8.57. The van der Waals surface area contributed by atoms with Crippen molar-refractivity contribution in [3.05, 3.63) is 35.4 Å². The summed E-state index contributed by atoms with van der Waals surface area (Å²) in [6.45, 7) is 7.33. The van der Waals surface area contributed by atoms with Gasteiger partial charge in [0.15, 0.2) is 0 Å². The Kier molecular flexibility index (Phi) is 4.79. The van der Waals surface area contributed by atoms with Gasteiger partial charge >= 0.3 is 0 Å². The lowest BCUT2D eigenvalue weighted by Gasteiger charge is -2.18. The van der Waals surface area contributed by atoms with Crippen LogP contribution in [0.5, 0.6) is 0 Å². The molecule has 1 aromatic rings. The molecule has 0 aromatic heterocycles. The first kappa shape index (κ1) is 12.2. The maximum absolute atomic E-state index is 5.87. The molecule has 2 nitrogen and oxygen atoms in total. The van der Waals surface area contributed by atoms with E-state index in [9.17, 15) is 0 Å². The number of benzene rings is 1. The van der Waals surface area contributed by atoms with Crippen LogP contribution in [0.25, 0.3) is 0 Å². The smallest absolute Gasteiger partial charge is 0.0295 e. The molecule has 0 heterocycles. The number of aryl methyl sites for hydroxylation is 1. The van der Waals surface area contributed by atoms with Gasteiger partial charge in [-0.3, -0.25) is 0 Å². The van der Waals surface area contributed by atoms with E-state index < -0.39 is 0 Å². The minimum Gasteiger partial charge on any atom is -0.327 e. The molecule has 15 heavy (non-hydrogen) atoms. The molecule has 0 aliphatic heterocycles. The quantitative estimate of drug-likeness (QED) is 0.776. The first-order valence-corrected chi connectivity index (χ1v) is 5.69. The van der Waals surface area contributed by atoms with Crippen LogP contribution < -0.4 is 11.1 Å². The summed E-state index contributed by atoms with van der Waals surface area (Å²) >= 11 is 0. The molecule has 0 amide bonds. The van der Waals surface area contributed by atoms with Crippen molar-refractivity contribution in [2.45, 2.75) is 39.3 Å². The van der Waals surface area contributed by atoms with E-state index >= 15 is 0 Å². The molecule has 2 unspecified atom stereocenters. The molecule has 0 saturated carbocycles. The molecular weight excluding hydrogens is 184 g/mol. The molecule has 0 spiro atoms. The average Bonchev–Trinajstić information content (AvgIpc) is 2.26. The van der Waals surface area contributed by atoms with E-state index in [1.165, 1.54) is 11.1 Å². The lowest BCUT2D eigenvalue weighted by Crippen LogP contribution is -2.34. The monoisotopic (exact) mass is 206 g/mol. The normalized spacial score (nSPS) is 14.9. The van der Waals surface area contributed by atoms with Crippen molar-refractivity contribution in [3.63, 3.8) is 0 Å². The van der Waals surface area contributed by atoms with Crippen LogP contribution in [0.3, 0.4) is 0 Å². The van der Waals surface area contributed by atoms with Gasteiger partial charge in [-0.15, -0.1) is 0 Å². The molecule has 1 aromatic carbocycles. The summed E-state index contributed by atoms with van der Waals surface area (Å²) in [4.78, 5) is 0. The van der Waals surface area contributed by atoms with E-state index in [0.717, 1.165) is 13.0 Å². The molecule has 2 atom stereocenters. The molecule has 0 radical (unpaired) electrons. The van der Waals surface area contributed by atoms with Gasteiger partial charge in [0.05, 0.1) is 0 Å². The number of hydrogen-bond acceptors (Lipinski definition) is 2. The van der Waals surface area contributed by atoms with Gasteiger partial charge < -0.3 is 11.1 Å². The van der Waals surface area contributed by atoms with Crippen molar-refractivity contribution < 1.29 is 0 Å². The van der Waals surface area contributed by atoms with Crippen LogP contribution in [-0.2, 0) is 0 Å². The van der Waals surface area contributed by atoms with Gasteiger partial charge in [-0.25, -0.2) is 0 Å². The summed E-state index contributed by atoms with van der Waals surface area (Å²) in [5, 5.41) is 3.47. The number of nitrogens with one attached hydrogen (secondary N) is 1. The Morgan fingerprint density at radius 2 is 2.00 bits per heavy atom. The molecule has 0 fully saturated rings. The van der Waals surface area contributed by atoms with Crippen LogP contribution >= 0.6 is 0 Å². The van der Waals surface area contributed by atoms with E-state index in [0.29, 0.717) is 6.04 Å². The highest BCUT2D eigenvalue weighted by Crippen LogP contribution is 2.16. The molecule has 84 valence electrons. The topological polar surface area (TPSA) is 38.0 Å². The minimum atomic E-state index is 0.261. The highest BCUT2D eigenvalue weighted by atomic mass is 14.9. The summed E-state index contributed by atoms with van der Waals surface area (Å²) in [7, 11) is 0. The highest BCUT2D eigenvalue weighted by Gasteiger charge is 2.08. The van der Waals surface area contributed by atoms with Crippen molar-refractivity contribution in [2.75, 3.05) is 6.54 Å². The Morgan fingerprint density at radius 1 is 1.33 bits per heavy atom. The van der Waals surface area contributed by atoms with Crippen molar-refractivity contribution in [1.82, 2.24) is 5.32 Å². The molecule has 1 rings (SSSR count). The summed E-state index contributed by atoms with van der Waals surface area (Å²) in [5.74, 6) is 0. The van der Waals surface area contributed by atoms with Gasteiger partial charge in [0.1, 0.15) is 0 Å². The lowest BCUT2D eigenvalue weighted by molar-refractivity contribution is 0.507. The Hall–Kier alpha value is -0.860. The second-order valence-corrected chi connectivity index (χ2v) is 4.15. The van der Waals surface area contributed by atoms with Crippen molar-refractivity contribution in [1.29, 1.82) is 0 Å². The van der Waals surface area contributed by atoms with Crippen LogP contribution in [-0.4, -0.2) is 12.6 Å². The standard InChI is InChI=1S/C13H22N2/c1-4-12(14)9-15-11(3)13-8-6-5-7-10(13)2/h5-8,11-12,15H,4,9,14H2,1-3H3. The molecule has 0 aliphatic rings. The van der Waals surface area contributed by atoms with Crippen LogP contribution in [0.1, 0.15) is 37.4 Å². The largest absolute Gasteiger partial charge is 0.327 e. The van der Waals surface area contributed by atoms with Gasteiger partial charge in [0.2, 0.25) is 0 Å². The zero-order chi connectivity index (χ0) is 11.3. The van der Waals surface area contributed by atoms with E-state index in [-0.39, 0.29) is 6.04 Å². The van der Waals surface area contributed by atoms with Gasteiger partial charge in [0.25, 0.3) is 0 Å². The van der Waals surface area contributed by atoms with E-state index in [4.69, 9.17) is 5.73 Å². The third-order valence-corrected chi connectivity index (χ3v) is 2.87. The Bertz CT molecular complexity index is 296. The molecule has 2 heteroatoms. The molecule has 0 saturated heterocycles. The fraction of sp³-hybridized carbons (Fsp3) is 0.538. The van der Waals surface area contributed by atoms with Gasteiger partial charge in [0, 0.05) is 18.6 Å². The highest BCUT2D eigenvalue weighted by molar-refractivity contribution is 5.28. The van der Waals surface area contributed by atoms with Gasteiger partial charge in [-0.2, -0.15) is 0 Å². The molecule has 0 aliphatic carbocycles. The number of nitrogens with two attached hydrogens (primary N) is 1. The predicted molar refractivity (Wildman–Crippen MR) is 65.9 cm³/mol. The number of hydrogen-bond donors (Lipinski definition) is 2. The van der Waals surface area contributed by atoms with Crippen LogP contribution in [0.4, 0.5) is 0 Å². The SMILES string of the molecule is CCC(N)CNC(C)c1ccccc1C. The zero-order valence-corrected chi connectivity index (χ0v) is 9.96. The third-order valence-electron chi connectivity index (χ3n) is 2.87. The Morgan fingerprint density at radius 3 is 2.60 bits per heavy atom. The van der Waals surface area contributed by atoms with Gasteiger partial charge in [-0.05, 0) is 31.4 Å². The average molecular weight is 206 g/mol. The summed E-state index contributed by atoms with van der Waals surface area (Å²) < 4.78 is 0. The van der Waals surface area contributed by atoms with E-state index in [1.54, 1.807) is 0 Å². The van der Waals surface area contributed by atoms with Crippen LogP contribution in [0.15, 0.2) is 24.3 Å². The minimum absolute atomic E-state index is 0.261. The summed E-state index contributed by atoms with van der Waals surface area (Å²) in [6.07, 6.45) is 1.02. The van der Waals surface area contributed by atoms with E-state index in [1.807, 2.05) is 0 Å². The molecule has 0 bridgehead atoms. The first-order valence-electron chi connectivity index (χ1n) is 5.69. The third kappa shape index (κ3) is 3.65. The van der Waals surface area contributed by atoms with Crippen molar-refractivity contribution in [3.8, 4) is 0 Å². The van der Waals surface area contributed by atoms with Gasteiger partial charge in [-0.1, -0.05) is 31.2 Å². The van der Waals surface area contributed by atoms with Crippen LogP contribution in [0.2, 0.25) is 0 Å². The maximum atomic E-state index is 5.87. The fourth-order valence-corrected chi connectivity index (χ4v) is 1.66.